The van der Waals surface area contributed by atoms with E-state index in [9.17, 15) is 4.79 Å². The molecule has 2 aromatic rings. The molecule has 0 unspecified atom stereocenters. The SMILES string of the molecule is CSc1ccc(NC(=O)/C=C/c2ccc(N)cc2)cc1. The van der Waals surface area contributed by atoms with Crippen molar-refractivity contribution < 1.29 is 4.79 Å². The first-order valence-corrected chi connectivity index (χ1v) is 7.38. The van der Waals surface area contributed by atoms with Crippen LogP contribution in [0.25, 0.3) is 6.08 Å². The lowest BCUT2D eigenvalue weighted by atomic mass is 10.2. The third-order valence-electron chi connectivity index (χ3n) is 2.72. The number of benzene rings is 2. The van der Waals surface area contributed by atoms with E-state index in [-0.39, 0.29) is 5.91 Å². The number of rotatable bonds is 4. The summed E-state index contributed by atoms with van der Waals surface area (Å²) in [4.78, 5) is 12.9. The second-order valence-electron chi connectivity index (χ2n) is 4.22. The Kier molecular flexibility index (Phi) is 4.85. The zero-order valence-corrected chi connectivity index (χ0v) is 12.0. The summed E-state index contributed by atoms with van der Waals surface area (Å²) >= 11 is 1.67. The van der Waals surface area contributed by atoms with Crippen LogP contribution in [0.1, 0.15) is 5.56 Å². The van der Waals surface area contributed by atoms with Crippen LogP contribution < -0.4 is 11.1 Å². The van der Waals surface area contributed by atoms with Crippen LogP contribution in [0.5, 0.6) is 0 Å². The average Bonchev–Trinajstić information content (AvgIpc) is 2.47. The molecule has 0 bridgehead atoms. The maximum Gasteiger partial charge on any atom is 0.248 e. The molecule has 0 spiro atoms. The zero-order valence-electron chi connectivity index (χ0n) is 11.2. The average molecular weight is 284 g/mol. The third-order valence-corrected chi connectivity index (χ3v) is 3.46. The van der Waals surface area contributed by atoms with Crippen LogP contribution >= 0.6 is 11.8 Å². The lowest BCUT2D eigenvalue weighted by molar-refractivity contribution is -0.111. The lowest BCUT2D eigenvalue weighted by Crippen LogP contribution is -2.07. The first-order chi connectivity index (χ1) is 9.67. The minimum Gasteiger partial charge on any atom is -0.399 e. The number of nitrogen functional groups attached to an aromatic ring is 1. The molecule has 0 fully saturated rings. The van der Waals surface area contributed by atoms with Gasteiger partial charge in [0.1, 0.15) is 0 Å². The van der Waals surface area contributed by atoms with Crippen molar-refractivity contribution in [2.45, 2.75) is 4.90 Å². The second kappa shape index (κ2) is 6.82. The predicted molar refractivity (Wildman–Crippen MR) is 86.7 cm³/mol. The van der Waals surface area contributed by atoms with Gasteiger partial charge in [-0.1, -0.05) is 12.1 Å². The molecule has 102 valence electrons. The fourth-order valence-electron chi connectivity index (χ4n) is 1.64. The van der Waals surface area contributed by atoms with Gasteiger partial charge in [0.25, 0.3) is 0 Å². The van der Waals surface area contributed by atoms with Crippen LogP contribution in [0.4, 0.5) is 11.4 Å². The van der Waals surface area contributed by atoms with Crippen molar-refractivity contribution in [1.29, 1.82) is 0 Å². The predicted octanol–water partition coefficient (Wildman–Crippen LogP) is 3.64. The highest BCUT2D eigenvalue weighted by molar-refractivity contribution is 7.98. The van der Waals surface area contributed by atoms with Crippen molar-refractivity contribution in [3.05, 3.63) is 60.2 Å². The van der Waals surface area contributed by atoms with E-state index in [0.717, 1.165) is 11.3 Å². The molecule has 0 atom stereocenters. The van der Waals surface area contributed by atoms with Gasteiger partial charge in [0.2, 0.25) is 5.91 Å². The van der Waals surface area contributed by atoms with E-state index < -0.39 is 0 Å². The molecule has 4 heteroatoms. The van der Waals surface area contributed by atoms with Gasteiger partial charge in [-0.3, -0.25) is 4.79 Å². The van der Waals surface area contributed by atoms with Crippen molar-refractivity contribution in [3.63, 3.8) is 0 Å². The van der Waals surface area contributed by atoms with Crippen LogP contribution in [-0.4, -0.2) is 12.2 Å². The second-order valence-corrected chi connectivity index (χ2v) is 5.10. The molecule has 3 nitrogen and oxygen atoms in total. The van der Waals surface area contributed by atoms with E-state index in [2.05, 4.69) is 5.32 Å². The van der Waals surface area contributed by atoms with E-state index in [1.165, 1.54) is 11.0 Å². The number of carbonyl (C=O) groups is 1. The minimum absolute atomic E-state index is 0.154. The smallest absolute Gasteiger partial charge is 0.248 e. The van der Waals surface area contributed by atoms with Gasteiger partial charge in [0.15, 0.2) is 0 Å². The molecular weight excluding hydrogens is 268 g/mol. The van der Waals surface area contributed by atoms with Gasteiger partial charge in [-0.05, 0) is 54.3 Å². The summed E-state index contributed by atoms with van der Waals surface area (Å²) in [6.07, 6.45) is 5.28. The summed E-state index contributed by atoms with van der Waals surface area (Å²) < 4.78 is 0. The molecule has 0 aliphatic rings. The number of carbonyl (C=O) groups excluding carboxylic acids is 1. The molecule has 0 radical (unpaired) electrons. The van der Waals surface area contributed by atoms with Crippen LogP contribution in [-0.2, 0) is 4.79 Å². The van der Waals surface area contributed by atoms with Gasteiger partial charge in [-0.15, -0.1) is 11.8 Å². The van der Waals surface area contributed by atoms with Crippen molar-refractivity contribution in [1.82, 2.24) is 0 Å². The summed E-state index contributed by atoms with van der Waals surface area (Å²) in [6.45, 7) is 0. The Bertz CT molecular complexity index is 603. The van der Waals surface area contributed by atoms with Crippen molar-refractivity contribution in [2.24, 2.45) is 0 Å². The minimum atomic E-state index is -0.154. The Balaban J connectivity index is 1.96. The molecular formula is C16H16N2OS. The van der Waals surface area contributed by atoms with Crippen LogP contribution in [0, 0.1) is 0 Å². The summed E-state index contributed by atoms with van der Waals surface area (Å²) in [5, 5.41) is 2.82. The normalized spacial score (nSPS) is 10.7. The maximum absolute atomic E-state index is 11.8. The molecule has 0 saturated heterocycles. The van der Waals surface area contributed by atoms with Gasteiger partial charge < -0.3 is 11.1 Å². The number of hydrogen-bond donors (Lipinski definition) is 2. The summed E-state index contributed by atoms with van der Waals surface area (Å²) in [6, 6.07) is 15.1. The molecule has 0 aliphatic heterocycles. The molecule has 1 amide bonds. The summed E-state index contributed by atoms with van der Waals surface area (Å²) in [5.74, 6) is -0.154. The molecule has 0 saturated carbocycles. The first kappa shape index (κ1) is 14.2. The van der Waals surface area contributed by atoms with Gasteiger partial charge in [-0.2, -0.15) is 0 Å². The number of hydrogen-bond acceptors (Lipinski definition) is 3. The zero-order chi connectivity index (χ0) is 14.4. The van der Waals surface area contributed by atoms with Crippen LogP contribution in [0.15, 0.2) is 59.5 Å². The largest absolute Gasteiger partial charge is 0.399 e. The standard InChI is InChI=1S/C16H16N2OS/c1-20-15-9-7-14(8-10-15)18-16(19)11-4-12-2-5-13(17)6-3-12/h2-11H,17H2,1H3,(H,18,19)/b11-4+. The topological polar surface area (TPSA) is 55.1 Å². The van der Waals surface area contributed by atoms with Gasteiger partial charge >= 0.3 is 0 Å². The molecule has 0 heterocycles. The maximum atomic E-state index is 11.8. The number of nitrogens with two attached hydrogens (primary N) is 1. The van der Waals surface area contributed by atoms with Crippen molar-refractivity contribution >= 4 is 35.1 Å². The molecule has 0 aromatic heterocycles. The number of thioether (sulfide) groups is 1. The summed E-state index contributed by atoms with van der Waals surface area (Å²) in [7, 11) is 0. The highest BCUT2D eigenvalue weighted by atomic mass is 32.2. The van der Waals surface area contributed by atoms with Gasteiger partial charge in [0.05, 0.1) is 0 Å². The molecule has 20 heavy (non-hydrogen) atoms. The van der Waals surface area contributed by atoms with Gasteiger partial charge in [0, 0.05) is 22.3 Å². The monoisotopic (exact) mass is 284 g/mol. The Labute approximate surface area is 122 Å². The fraction of sp³-hybridized carbons (Fsp3) is 0.0625. The lowest BCUT2D eigenvalue weighted by Gasteiger charge is -2.03. The molecule has 2 rings (SSSR count). The Morgan fingerprint density at radius 3 is 2.35 bits per heavy atom. The van der Waals surface area contributed by atoms with Crippen molar-refractivity contribution in [3.8, 4) is 0 Å². The van der Waals surface area contributed by atoms with E-state index in [1.807, 2.05) is 42.7 Å². The highest BCUT2D eigenvalue weighted by Gasteiger charge is 1.98. The Hall–Kier alpha value is -2.20. The molecule has 3 N–H and O–H groups in total. The van der Waals surface area contributed by atoms with Crippen molar-refractivity contribution in [2.75, 3.05) is 17.3 Å². The fourth-order valence-corrected chi connectivity index (χ4v) is 2.05. The van der Waals surface area contributed by atoms with E-state index >= 15 is 0 Å². The van der Waals surface area contributed by atoms with Crippen LogP contribution in [0.2, 0.25) is 0 Å². The Morgan fingerprint density at radius 2 is 1.75 bits per heavy atom. The molecule has 2 aromatic carbocycles. The quantitative estimate of drug-likeness (QED) is 0.512. The molecule has 0 aliphatic carbocycles. The first-order valence-electron chi connectivity index (χ1n) is 6.16. The third kappa shape index (κ3) is 4.17. The Morgan fingerprint density at radius 1 is 1.10 bits per heavy atom. The van der Waals surface area contributed by atoms with Gasteiger partial charge in [-0.25, -0.2) is 0 Å². The number of anilines is 2. The number of amides is 1. The van der Waals surface area contributed by atoms with Crippen LogP contribution in [0.3, 0.4) is 0 Å². The highest BCUT2D eigenvalue weighted by Crippen LogP contribution is 2.17. The van der Waals surface area contributed by atoms with E-state index in [1.54, 1.807) is 30.0 Å². The van der Waals surface area contributed by atoms with E-state index in [0.29, 0.717) is 5.69 Å². The number of nitrogens with one attached hydrogen (secondary N) is 1. The summed E-state index contributed by atoms with van der Waals surface area (Å²) in [5.41, 5.74) is 8.04. The van der Waals surface area contributed by atoms with E-state index in [4.69, 9.17) is 5.73 Å².